The van der Waals surface area contributed by atoms with E-state index in [0.29, 0.717) is 24.1 Å². The third kappa shape index (κ3) is 6.95. The van der Waals surface area contributed by atoms with Crippen LogP contribution in [0.4, 0.5) is 5.69 Å². The maximum Gasteiger partial charge on any atom is 0.335 e. The lowest BCUT2D eigenvalue weighted by Crippen LogP contribution is -2.32. The van der Waals surface area contributed by atoms with Gasteiger partial charge in [0.15, 0.2) is 0 Å². The van der Waals surface area contributed by atoms with Gasteiger partial charge in [-0.3, -0.25) is 9.59 Å². The average Bonchev–Trinajstić information content (AvgIpc) is 2.54. The standard InChI is InChI=1S/C19H28N2O4/c1-4-11-21(12-5-2)18(23)8-6-7-17(22)20-15-9-10-16(19(24)25)14(3)13-15/h9-10,13H,4-8,11-12H2,1-3H3,(H,20,22)(H,24,25). The van der Waals surface area contributed by atoms with Gasteiger partial charge < -0.3 is 15.3 Å². The highest BCUT2D eigenvalue weighted by Crippen LogP contribution is 2.16. The zero-order valence-electron chi connectivity index (χ0n) is 15.3. The minimum Gasteiger partial charge on any atom is -0.478 e. The van der Waals surface area contributed by atoms with Crippen molar-refractivity contribution in [3.05, 3.63) is 29.3 Å². The highest BCUT2D eigenvalue weighted by molar-refractivity contribution is 5.93. The molecule has 138 valence electrons. The molecule has 0 saturated heterocycles. The lowest BCUT2D eigenvalue weighted by Gasteiger charge is -2.21. The second kappa shape index (κ2) is 10.5. The smallest absolute Gasteiger partial charge is 0.335 e. The fourth-order valence-electron chi connectivity index (χ4n) is 2.66. The molecule has 1 aromatic carbocycles. The third-order valence-corrected chi connectivity index (χ3v) is 3.87. The van der Waals surface area contributed by atoms with Gasteiger partial charge in [0.2, 0.25) is 11.8 Å². The third-order valence-electron chi connectivity index (χ3n) is 3.87. The SMILES string of the molecule is CCCN(CCC)C(=O)CCCC(=O)Nc1ccc(C(=O)O)c(C)c1. The molecule has 2 amide bonds. The van der Waals surface area contributed by atoms with E-state index < -0.39 is 5.97 Å². The summed E-state index contributed by atoms with van der Waals surface area (Å²) >= 11 is 0. The van der Waals surface area contributed by atoms with Crippen molar-refractivity contribution in [2.75, 3.05) is 18.4 Å². The molecule has 0 unspecified atom stereocenters. The van der Waals surface area contributed by atoms with Crippen molar-refractivity contribution >= 4 is 23.5 Å². The van der Waals surface area contributed by atoms with Crippen molar-refractivity contribution in [2.24, 2.45) is 0 Å². The second-order valence-corrected chi connectivity index (χ2v) is 6.12. The van der Waals surface area contributed by atoms with E-state index in [1.807, 2.05) is 18.7 Å². The number of carbonyl (C=O) groups excluding carboxylic acids is 2. The first-order valence-corrected chi connectivity index (χ1v) is 8.80. The monoisotopic (exact) mass is 348 g/mol. The molecule has 25 heavy (non-hydrogen) atoms. The van der Waals surface area contributed by atoms with Crippen molar-refractivity contribution in [3.8, 4) is 0 Å². The number of nitrogens with one attached hydrogen (secondary N) is 1. The normalized spacial score (nSPS) is 10.4. The van der Waals surface area contributed by atoms with E-state index in [4.69, 9.17) is 5.11 Å². The molecule has 2 N–H and O–H groups in total. The van der Waals surface area contributed by atoms with Crippen molar-refractivity contribution in [1.29, 1.82) is 0 Å². The van der Waals surface area contributed by atoms with Gasteiger partial charge in [0.05, 0.1) is 5.56 Å². The Hall–Kier alpha value is -2.37. The van der Waals surface area contributed by atoms with Gasteiger partial charge in [0, 0.05) is 31.6 Å². The van der Waals surface area contributed by atoms with Crippen LogP contribution in [0.1, 0.15) is 61.9 Å². The number of benzene rings is 1. The van der Waals surface area contributed by atoms with Crippen molar-refractivity contribution in [3.63, 3.8) is 0 Å². The summed E-state index contributed by atoms with van der Waals surface area (Å²) in [6.07, 6.45) is 2.98. The van der Waals surface area contributed by atoms with E-state index in [1.165, 1.54) is 6.07 Å². The predicted molar refractivity (Wildman–Crippen MR) is 97.8 cm³/mol. The molecule has 6 nitrogen and oxygen atoms in total. The topological polar surface area (TPSA) is 86.7 Å². The second-order valence-electron chi connectivity index (χ2n) is 6.12. The number of hydrogen-bond acceptors (Lipinski definition) is 3. The Morgan fingerprint density at radius 1 is 1.08 bits per heavy atom. The number of amides is 2. The largest absolute Gasteiger partial charge is 0.478 e. The lowest BCUT2D eigenvalue weighted by atomic mass is 10.1. The summed E-state index contributed by atoms with van der Waals surface area (Å²) < 4.78 is 0. The summed E-state index contributed by atoms with van der Waals surface area (Å²) in [5, 5.41) is 11.7. The van der Waals surface area contributed by atoms with Gasteiger partial charge in [-0.1, -0.05) is 13.8 Å². The summed E-state index contributed by atoms with van der Waals surface area (Å²) in [4.78, 5) is 37.0. The Morgan fingerprint density at radius 3 is 2.24 bits per heavy atom. The Labute approximate surface area is 149 Å². The molecular weight excluding hydrogens is 320 g/mol. The first kappa shape index (κ1) is 20.7. The molecule has 0 spiro atoms. The average molecular weight is 348 g/mol. The van der Waals surface area contributed by atoms with Crippen LogP contribution in [0.5, 0.6) is 0 Å². The van der Waals surface area contributed by atoms with Gasteiger partial charge >= 0.3 is 5.97 Å². The zero-order valence-corrected chi connectivity index (χ0v) is 15.3. The summed E-state index contributed by atoms with van der Waals surface area (Å²) in [6, 6.07) is 4.69. The van der Waals surface area contributed by atoms with Gasteiger partial charge in [-0.05, 0) is 49.9 Å². The highest BCUT2D eigenvalue weighted by Gasteiger charge is 2.13. The molecule has 0 heterocycles. The Kier molecular flexibility index (Phi) is 8.67. The maximum atomic E-state index is 12.1. The van der Waals surface area contributed by atoms with Crippen LogP contribution >= 0.6 is 0 Å². The quantitative estimate of drug-likeness (QED) is 0.678. The van der Waals surface area contributed by atoms with Gasteiger partial charge in [0.1, 0.15) is 0 Å². The zero-order chi connectivity index (χ0) is 18.8. The van der Waals surface area contributed by atoms with Crippen LogP contribution in [-0.4, -0.2) is 40.9 Å². The molecule has 0 fully saturated rings. The number of rotatable bonds is 10. The molecular formula is C19H28N2O4. The summed E-state index contributed by atoms with van der Waals surface area (Å²) in [5.41, 5.74) is 1.38. The molecule has 0 radical (unpaired) electrons. The number of aryl methyl sites for hydroxylation is 1. The molecule has 0 aliphatic rings. The Morgan fingerprint density at radius 2 is 1.72 bits per heavy atom. The molecule has 6 heteroatoms. The first-order chi connectivity index (χ1) is 11.9. The Bertz CT molecular complexity index is 607. The van der Waals surface area contributed by atoms with E-state index >= 15 is 0 Å². The number of anilines is 1. The fraction of sp³-hybridized carbons (Fsp3) is 0.526. The van der Waals surface area contributed by atoms with E-state index in [2.05, 4.69) is 5.32 Å². The molecule has 0 aromatic heterocycles. The molecule has 0 aliphatic carbocycles. The minimum atomic E-state index is -0.988. The van der Waals surface area contributed by atoms with Gasteiger partial charge in [-0.15, -0.1) is 0 Å². The predicted octanol–water partition coefficient (Wildman–Crippen LogP) is 3.45. The van der Waals surface area contributed by atoms with Crippen molar-refractivity contribution in [1.82, 2.24) is 4.90 Å². The van der Waals surface area contributed by atoms with Crippen LogP contribution in [0.25, 0.3) is 0 Å². The highest BCUT2D eigenvalue weighted by atomic mass is 16.4. The maximum absolute atomic E-state index is 12.1. The van der Waals surface area contributed by atoms with E-state index in [9.17, 15) is 14.4 Å². The molecule has 0 saturated carbocycles. The number of hydrogen-bond donors (Lipinski definition) is 2. The van der Waals surface area contributed by atoms with Crippen LogP contribution < -0.4 is 5.32 Å². The number of nitrogens with zero attached hydrogens (tertiary/aromatic N) is 1. The van der Waals surface area contributed by atoms with Gasteiger partial charge in [0.25, 0.3) is 0 Å². The first-order valence-electron chi connectivity index (χ1n) is 8.80. The van der Waals surface area contributed by atoms with Crippen LogP contribution in [0.15, 0.2) is 18.2 Å². The minimum absolute atomic E-state index is 0.0955. The summed E-state index contributed by atoms with van der Waals surface area (Å²) in [5.74, 6) is -1.07. The summed E-state index contributed by atoms with van der Waals surface area (Å²) in [7, 11) is 0. The van der Waals surface area contributed by atoms with Crippen molar-refractivity contribution in [2.45, 2.75) is 52.9 Å². The molecule has 0 aliphatic heterocycles. The number of carboxylic acids is 1. The number of carbonyl (C=O) groups is 3. The molecule has 0 atom stereocenters. The molecule has 1 aromatic rings. The fourth-order valence-corrected chi connectivity index (χ4v) is 2.66. The number of carboxylic acid groups (broad SMARTS) is 1. The summed E-state index contributed by atoms with van der Waals surface area (Å²) in [6.45, 7) is 7.29. The Balaban J connectivity index is 2.46. The van der Waals surface area contributed by atoms with Crippen LogP contribution in [0.3, 0.4) is 0 Å². The van der Waals surface area contributed by atoms with Crippen LogP contribution in [0.2, 0.25) is 0 Å². The lowest BCUT2D eigenvalue weighted by molar-refractivity contribution is -0.131. The van der Waals surface area contributed by atoms with Gasteiger partial charge in [-0.25, -0.2) is 4.79 Å². The van der Waals surface area contributed by atoms with E-state index in [-0.39, 0.29) is 23.8 Å². The van der Waals surface area contributed by atoms with E-state index in [0.717, 1.165) is 25.9 Å². The number of aromatic carboxylic acids is 1. The van der Waals surface area contributed by atoms with Crippen molar-refractivity contribution < 1.29 is 19.5 Å². The van der Waals surface area contributed by atoms with Crippen LogP contribution in [0, 0.1) is 6.92 Å². The van der Waals surface area contributed by atoms with E-state index in [1.54, 1.807) is 19.1 Å². The van der Waals surface area contributed by atoms with Gasteiger partial charge in [-0.2, -0.15) is 0 Å². The molecule has 1 rings (SSSR count). The molecule has 0 bridgehead atoms. The van der Waals surface area contributed by atoms with Crippen LogP contribution in [-0.2, 0) is 9.59 Å².